The Hall–Kier alpha value is -3.31. The van der Waals surface area contributed by atoms with E-state index in [0.29, 0.717) is 40.2 Å². The minimum Gasteiger partial charge on any atom is -0.456 e. The second-order valence-corrected chi connectivity index (χ2v) is 18.3. The third kappa shape index (κ3) is 6.51. The van der Waals surface area contributed by atoms with Gasteiger partial charge in [0.1, 0.15) is 34.6 Å². The van der Waals surface area contributed by atoms with Crippen LogP contribution < -0.4 is 10.1 Å². The molecule has 0 radical (unpaired) electrons. The van der Waals surface area contributed by atoms with Gasteiger partial charge in [0.05, 0.1) is 34.6 Å². The number of halogens is 1. The van der Waals surface area contributed by atoms with Gasteiger partial charge in [-0.25, -0.2) is 9.97 Å². The zero-order valence-corrected chi connectivity index (χ0v) is 26.5. The van der Waals surface area contributed by atoms with Crippen molar-refractivity contribution in [2.75, 3.05) is 19.7 Å². The Morgan fingerprint density at radius 3 is 2.67 bits per heavy atom. The molecule has 1 aliphatic rings. The third-order valence-electron chi connectivity index (χ3n) is 7.81. The van der Waals surface area contributed by atoms with Gasteiger partial charge in [-0.15, -0.1) is 0 Å². The molecule has 1 saturated heterocycles. The van der Waals surface area contributed by atoms with Gasteiger partial charge in [-0.05, 0) is 69.1 Å². The summed E-state index contributed by atoms with van der Waals surface area (Å²) in [7, 11) is -1.15. The highest BCUT2D eigenvalue weighted by Crippen LogP contribution is 2.36. The van der Waals surface area contributed by atoms with Gasteiger partial charge in [-0.1, -0.05) is 31.2 Å². The summed E-state index contributed by atoms with van der Waals surface area (Å²) in [6.45, 7) is 13.3. The van der Waals surface area contributed by atoms with E-state index in [9.17, 15) is 0 Å². The fraction of sp³-hybridized carbons (Fsp3) is 0.419. The van der Waals surface area contributed by atoms with Gasteiger partial charge < -0.3 is 19.4 Å². The van der Waals surface area contributed by atoms with Crippen LogP contribution >= 0.6 is 11.6 Å². The molecule has 0 atom stereocenters. The molecule has 1 N–H and O–H groups in total. The number of hydrogen-bond donors (Lipinski definition) is 1. The lowest BCUT2D eigenvalue weighted by atomic mass is 9.98. The SMILES string of the molecule is Cc1nc2ccc(Oc3ccc4ncc(-c5cnn(CC6CCNCC6)c5)nc4c3Cl)cc2n1COCC[Si](C)(C)C. The fourth-order valence-electron chi connectivity index (χ4n) is 5.28. The highest BCUT2D eigenvalue weighted by atomic mass is 35.5. The Kier molecular flexibility index (Phi) is 8.31. The molecule has 1 aliphatic heterocycles. The summed E-state index contributed by atoms with van der Waals surface area (Å²) in [5.41, 5.74) is 4.80. The van der Waals surface area contributed by atoms with Crippen molar-refractivity contribution in [1.82, 2.24) is 34.6 Å². The predicted octanol–water partition coefficient (Wildman–Crippen LogP) is 6.91. The van der Waals surface area contributed by atoms with E-state index >= 15 is 0 Å². The van der Waals surface area contributed by atoms with E-state index in [1.807, 2.05) is 54.3 Å². The average Bonchev–Trinajstić information content (AvgIpc) is 3.56. The van der Waals surface area contributed by atoms with Crippen LogP contribution in [0.2, 0.25) is 30.7 Å². The first-order valence-electron chi connectivity index (χ1n) is 14.6. The lowest BCUT2D eigenvalue weighted by Gasteiger charge is -2.22. The van der Waals surface area contributed by atoms with Crippen LogP contribution in [-0.4, -0.2) is 57.1 Å². The van der Waals surface area contributed by atoms with Gasteiger partial charge in [0.2, 0.25) is 0 Å². The molecule has 9 nitrogen and oxygen atoms in total. The van der Waals surface area contributed by atoms with Gasteiger partial charge in [0.25, 0.3) is 0 Å². The molecule has 220 valence electrons. The smallest absolute Gasteiger partial charge is 0.148 e. The monoisotopic (exact) mass is 603 g/mol. The van der Waals surface area contributed by atoms with Crippen molar-refractivity contribution < 1.29 is 9.47 Å². The Bertz CT molecular complexity index is 1710. The second-order valence-electron chi connectivity index (χ2n) is 12.3. The number of aromatic nitrogens is 6. The normalized spacial score (nSPS) is 14.7. The standard InChI is InChI=1S/C31H38ClN7O2Si/c1-21-36-25-6-5-24(15-28(25)39(21)20-40-13-14-42(2,3)4)41-29-8-7-26-31(30(29)32)37-27(17-34-26)23-16-35-38(19-23)18-22-9-11-33-12-10-22/h5-8,15-17,19,22,33H,9-14,18,20H2,1-4H3. The summed E-state index contributed by atoms with van der Waals surface area (Å²) in [4.78, 5) is 14.2. The fourth-order valence-corrected chi connectivity index (χ4v) is 6.28. The van der Waals surface area contributed by atoms with Gasteiger partial charge in [-0.2, -0.15) is 5.10 Å². The Morgan fingerprint density at radius 1 is 1.05 bits per heavy atom. The van der Waals surface area contributed by atoms with Gasteiger partial charge >= 0.3 is 0 Å². The van der Waals surface area contributed by atoms with Crippen LogP contribution in [0.25, 0.3) is 33.3 Å². The lowest BCUT2D eigenvalue weighted by molar-refractivity contribution is 0.0885. The first-order valence-corrected chi connectivity index (χ1v) is 18.7. The summed E-state index contributed by atoms with van der Waals surface area (Å²) in [5.74, 6) is 2.72. The van der Waals surface area contributed by atoms with Crippen molar-refractivity contribution >= 4 is 41.7 Å². The zero-order valence-electron chi connectivity index (χ0n) is 24.7. The molecular formula is C31H38ClN7O2Si. The van der Waals surface area contributed by atoms with Crippen LogP contribution in [-0.2, 0) is 18.0 Å². The number of nitrogens with zero attached hydrogens (tertiary/aromatic N) is 6. The number of piperidine rings is 1. The van der Waals surface area contributed by atoms with Crippen LogP contribution in [0, 0.1) is 12.8 Å². The summed E-state index contributed by atoms with van der Waals surface area (Å²) in [6, 6.07) is 10.7. The van der Waals surface area contributed by atoms with Crippen molar-refractivity contribution in [2.24, 2.45) is 5.92 Å². The summed E-state index contributed by atoms with van der Waals surface area (Å²) < 4.78 is 16.4. The summed E-state index contributed by atoms with van der Waals surface area (Å²) >= 11 is 6.87. The Labute approximate surface area is 252 Å². The Balaban J connectivity index is 1.21. The number of hydrogen-bond acceptors (Lipinski definition) is 7. The number of rotatable bonds is 10. The molecule has 0 aliphatic carbocycles. The van der Waals surface area contributed by atoms with Gasteiger partial charge in [-0.3, -0.25) is 9.67 Å². The molecule has 2 aromatic carbocycles. The van der Waals surface area contributed by atoms with Crippen molar-refractivity contribution in [3.63, 3.8) is 0 Å². The van der Waals surface area contributed by atoms with Gasteiger partial charge in [0, 0.05) is 39.1 Å². The quantitative estimate of drug-likeness (QED) is 0.137. The molecule has 5 aromatic rings. The summed E-state index contributed by atoms with van der Waals surface area (Å²) in [6.07, 6.45) is 8.01. The first-order chi connectivity index (χ1) is 20.2. The van der Waals surface area contributed by atoms with Gasteiger partial charge in [0.15, 0.2) is 0 Å². The molecule has 0 unspecified atom stereocenters. The van der Waals surface area contributed by atoms with E-state index in [1.165, 1.54) is 12.8 Å². The molecule has 6 rings (SSSR count). The lowest BCUT2D eigenvalue weighted by Crippen LogP contribution is -2.29. The molecule has 0 spiro atoms. The number of ether oxygens (including phenoxy) is 2. The molecule has 3 aromatic heterocycles. The van der Waals surface area contributed by atoms with Crippen LogP contribution in [0.5, 0.6) is 11.5 Å². The second kappa shape index (κ2) is 12.1. The molecule has 42 heavy (non-hydrogen) atoms. The maximum Gasteiger partial charge on any atom is 0.148 e. The molecule has 1 fully saturated rings. The minimum absolute atomic E-state index is 0.420. The minimum atomic E-state index is -1.15. The number of imidazole rings is 1. The average molecular weight is 604 g/mol. The van der Waals surface area contributed by atoms with E-state index in [-0.39, 0.29) is 0 Å². The van der Waals surface area contributed by atoms with E-state index in [2.05, 4.69) is 39.6 Å². The zero-order chi connectivity index (χ0) is 29.3. The molecule has 0 bridgehead atoms. The Morgan fingerprint density at radius 2 is 1.86 bits per heavy atom. The first kappa shape index (κ1) is 28.8. The summed E-state index contributed by atoms with van der Waals surface area (Å²) in [5, 5.41) is 8.43. The van der Waals surface area contributed by atoms with Crippen molar-refractivity contribution in [1.29, 1.82) is 0 Å². The van der Waals surface area contributed by atoms with Crippen molar-refractivity contribution in [2.45, 2.75) is 58.7 Å². The van der Waals surface area contributed by atoms with E-state index in [0.717, 1.165) is 60.4 Å². The largest absolute Gasteiger partial charge is 0.456 e. The van der Waals surface area contributed by atoms with E-state index in [4.69, 9.17) is 31.0 Å². The maximum absolute atomic E-state index is 6.87. The third-order valence-corrected chi connectivity index (χ3v) is 9.88. The molecular weight excluding hydrogens is 566 g/mol. The van der Waals surface area contributed by atoms with E-state index in [1.54, 1.807) is 6.20 Å². The molecule has 4 heterocycles. The molecule has 0 saturated carbocycles. The number of aryl methyl sites for hydroxylation is 1. The number of nitrogens with one attached hydrogen (secondary N) is 1. The highest BCUT2D eigenvalue weighted by molar-refractivity contribution is 6.76. The van der Waals surface area contributed by atoms with Crippen LogP contribution in [0.3, 0.4) is 0 Å². The van der Waals surface area contributed by atoms with Crippen LogP contribution in [0.15, 0.2) is 48.9 Å². The predicted molar refractivity (Wildman–Crippen MR) is 170 cm³/mol. The number of benzene rings is 2. The van der Waals surface area contributed by atoms with E-state index < -0.39 is 8.07 Å². The molecule has 11 heteroatoms. The van der Waals surface area contributed by atoms with Crippen molar-refractivity contribution in [3.8, 4) is 22.8 Å². The number of fused-ring (bicyclic) bond motifs is 2. The molecule has 0 amide bonds. The maximum atomic E-state index is 6.87. The highest BCUT2D eigenvalue weighted by Gasteiger charge is 2.17. The van der Waals surface area contributed by atoms with Crippen molar-refractivity contribution in [3.05, 3.63) is 59.8 Å². The topological polar surface area (TPSA) is 91.9 Å². The van der Waals surface area contributed by atoms with Crippen LogP contribution in [0.1, 0.15) is 18.7 Å². The van der Waals surface area contributed by atoms with Crippen LogP contribution in [0.4, 0.5) is 0 Å².